The number of nitrogens with zero attached hydrogens (tertiary/aromatic N) is 3. The van der Waals surface area contributed by atoms with Crippen molar-refractivity contribution in [3.63, 3.8) is 0 Å². The van der Waals surface area contributed by atoms with Gasteiger partial charge in [0.1, 0.15) is 17.5 Å². The minimum Gasteiger partial charge on any atom is -0.373 e. The van der Waals surface area contributed by atoms with Crippen molar-refractivity contribution < 1.29 is 0 Å². The van der Waals surface area contributed by atoms with Crippen LogP contribution < -0.4 is 10.2 Å². The van der Waals surface area contributed by atoms with Gasteiger partial charge < -0.3 is 10.2 Å². The Bertz CT molecular complexity index is 381. The third-order valence-corrected chi connectivity index (χ3v) is 3.54. The SMILES string of the molecule is CNc1cc(N2[C@H](C)CCC[C@@H]2C)nc(C)n1. The second-order valence-corrected chi connectivity index (χ2v) is 4.94. The van der Waals surface area contributed by atoms with Crippen molar-refractivity contribution >= 4 is 11.6 Å². The zero-order chi connectivity index (χ0) is 12.4. The fourth-order valence-corrected chi connectivity index (χ4v) is 2.69. The molecule has 0 bridgehead atoms. The molecule has 4 heteroatoms. The van der Waals surface area contributed by atoms with E-state index in [9.17, 15) is 0 Å². The lowest BCUT2D eigenvalue weighted by molar-refractivity contribution is 0.411. The highest BCUT2D eigenvalue weighted by Gasteiger charge is 2.26. The van der Waals surface area contributed by atoms with E-state index in [0.29, 0.717) is 12.1 Å². The number of aromatic nitrogens is 2. The first-order valence-corrected chi connectivity index (χ1v) is 6.43. The summed E-state index contributed by atoms with van der Waals surface area (Å²) in [5.74, 6) is 2.79. The topological polar surface area (TPSA) is 41.0 Å². The summed E-state index contributed by atoms with van der Waals surface area (Å²) in [5, 5.41) is 3.10. The first-order chi connectivity index (χ1) is 8.11. The molecule has 0 spiro atoms. The molecule has 1 aliphatic heterocycles. The fraction of sp³-hybridized carbons (Fsp3) is 0.692. The number of rotatable bonds is 2. The summed E-state index contributed by atoms with van der Waals surface area (Å²) in [6.45, 7) is 6.52. The zero-order valence-electron chi connectivity index (χ0n) is 11.2. The predicted molar refractivity (Wildman–Crippen MR) is 71.6 cm³/mol. The molecular formula is C13H22N4. The predicted octanol–water partition coefficient (Wildman–Crippen LogP) is 2.59. The Labute approximate surface area is 103 Å². The maximum atomic E-state index is 4.58. The van der Waals surface area contributed by atoms with Gasteiger partial charge in [-0.15, -0.1) is 0 Å². The molecule has 1 N–H and O–H groups in total. The normalized spacial score (nSPS) is 24.8. The molecule has 0 amide bonds. The molecule has 2 heterocycles. The molecule has 0 aliphatic carbocycles. The molecule has 0 aromatic carbocycles. The lowest BCUT2D eigenvalue weighted by Crippen LogP contribution is -2.44. The van der Waals surface area contributed by atoms with Crippen molar-refractivity contribution in [3.8, 4) is 0 Å². The summed E-state index contributed by atoms with van der Waals surface area (Å²) >= 11 is 0. The van der Waals surface area contributed by atoms with E-state index in [1.54, 1.807) is 0 Å². The van der Waals surface area contributed by atoms with Crippen LogP contribution >= 0.6 is 0 Å². The molecule has 1 fully saturated rings. The molecule has 2 atom stereocenters. The van der Waals surface area contributed by atoms with Crippen molar-refractivity contribution in [3.05, 3.63) is 11.9 Å². The maximum absolute atomic E-state index is 4.58. The summed E-state index contributed by atoms with van der Waals surface area (Å²) in [5.41, 5.74) is 0. The van der Waals surface area contributed by atoms with Gasteiger partial charge in [0.05, 0.1) is 0 Å². The quantitative estimate of drug-likeness (QED) is 0.854. The van der Waals surface area contributed by atoms with Gasteiger partial charge in [0.15, 0.2) is 0 Å². The van der Waals surface area contributed by atoms with Crippen LogP contribution in [-0.4, -0.2) is 29.1 Å². The molecule has 0 unspecified atom stereocenters. The Morgan fingerprint density at radius 2 is 1.88 bits per heavy atom. The van der Waals surface area contributed by atoms with E-state index in [1.807, 2.05) is 20.0 Å². The summed E-state index contributed by atoms with van der Waals surface area (Å²) in [6.07, 6.45) is 3.83. The monoisotopic (exact) mass is 234 g/mol. The van der Waals surface area contributed by atoms with Gasteiger partial charge in [-0.1, -0.05) is 0 Å². The Balaban J connectivity index is 2.34. The average Bonchev–Trinajstić information content (AvgIpc) is 2.28. The first-order valence-electron chi connectivity index (χ1n) is 6.43. The van der Waals surface area contributed by atoms with Gasteiger partial charge >= 0.3 is 0 Å². The van der Waals surface area contributed by atoms with Crippen LogP contribution in [0.2, 0.25) is 0 Å². The Morgan fingerprint density at radius 3 is 2.47 bits per heavy atom. The van der Waals surface area contributed by atoms with Crippen molar-refractivity contribution in [2.75, 3.05) is 17.3 Å². The molecule has 94 valence electrons. The lowest BCUT2D eigenvalue weighted by atomic mass is 9.97. The highest BCUT2D eigenvalue weighted by atomic mass is 15.2. The summed E-state index contributed by atoms with van der Waals surface area (Å²) in [6, 6.07) is 3.18. The molecule has 1 saturated heterocycles. The van der Waals surface area contributed by atoms with Gasteiger partial charge in [0, 0.05) is 25.2 Å². The molecule has 1 aliphatic rings. The van der Waals surface area contributed by atoms with Gasteiger partial charge in [-0.25, -0.2) is 9.97 Å². The largest absolute Gasteiger partial charge is 0.373 e. The molecule has 17 heavy (non-hydrogen) atoms. The van der Waals surface area contributed by atoms with Crippen molar-refractivity contribution in [1.82, 2.24) is 9.97 Å². The van der Waals surface area contributed by atoms with E-state index < -0.39 is 0 Å². The van der Waals surface area contributed by atoms with Crippen LogP contribution in [0.15, 0.2) is 6.07 Å². The van der Waals surface area contributed by atoms with Crippen molar-refractivity contribution in [2.45, 2.75) is 52.1 Å². The highest BCUT2D eigenvalue weighted by Crippen LogP contribution is 2.28. The van der Waals surface area contributed by atoms with Crippen LogP contribution in [0.1, 0.15) is 38.9 Å². The van der Waals surface area contributed by atoms with Crippen LogP contribution in [0.4, 0.5) is 11.6 Å². The number of anilines is 2. The van der Waals surface area contributed by atoms with Gasteiger partial charge in [-0.05, 0) is 40.0 Å². The van der Waals surface area contributed by atoms with Crippen LogP contribution in [0.3, 0.4) is 0 Å². The van der Waals surface area contributed by atoms with E-state index in [2.05, 4.69) is 34.0 Å². The van der Waals surface area contributed by atoms with E-state index >= 15 is 0 Å². The van der Waals surface area contributed by atoms with Crippen LogP contribution in [0.5, 0.6) is 0 Å². The van der Waals surface area contributed by atoms with Gasteiger partial charge in [-0.2, -0.15) is 0 Å². The minimum atomic E-state index is 0.567. The van der Waals surface area contributed by atoms with Crippen molar-refractivity contribution in [2.24, 2.45) is 0 Å². The Morgan fingerprint density at radius 1 is 1.24 bits per heavy atom. The van der Waals surface area contributed by atoms with E-state index in [-0.39, 0.29) is 0 Å². The van der Waals surface area contributed by atoms with Crippen LogP contribution in [0, 0.1) is 6.92 Å². The van der Waals surface area contributed by atoms with Gasteiger partial charge in [0.25, 0.3) is 0 Å². The molecule has 2 rings (SSSR count). The molecule has 1 aromatic rings. The van der Waals surface area contributed by atoms with Gasteiger partial charge in [0.2, 0.25) is 0 Å². The average molecular weight is 234 g/mol. The molecule has 0 radical (unpaired) electrons. The molecule has 4 nitrogen and oxygen atoms in total. The molecular weight excluding hydrogens is 212 g/mol. The molecule has 1 aromatic heterocycles. The zero-order valence-corrected chi connectivity index (χ0v) is 11.2. The number of nitrogens with one attached hydrogen (secondary N) is 1. The number of hydrogen-bond acceptors (Lipinski definition) is 4. The second-order valence-electron chi connectivity index (χ2n) is 4.94. The van der Waals surface area contributed by atoms with Crippen molar-refractivity contribution in [1.29, 1.82) is 0 Å². The smallest absolute Gasteiger partial charge is 0.134 e. The summed E-state index contributed by atoms with van der Waals surface area (Å²) in [7, 11) is 1.90. The fourth-order valence-electron chi connectivity index (χ4n) is 2.69. The summed E-state index contributed by atoms with van der Waals surface area (Å²) in [4.78, 5) is 11.4. The number of aryl methyl sites for hydroxylation is 1. The third-order valence-electron chi connectivity index (χ3n) is 3.54. The van der Waals surface area contributed by atoms with E-state index in [4.69, 9.17) is 0 Å². The highest BCUT2D eigenvalue weighted by molar-refractivity contribution is 5.50. The number of piperidine rings is 1. The first kappa shape index (κ1) is 12.1. The van der Waals surface area contributed by atoms with Crippen LogP contribution in [0.25, 0.3) is 0 Å². The van der Waals surface area contributed by atoms with Gasteiger partial charge in [-0.3, -0.25) is 0 Å². The third kappa shape index (κ3) is 2.51. The minimum absolute atomic E-state index is 0.567. The Kier molecular flexibility index (Phi) is 3.50. The van der Waals surface area contributed by atoms with E-state index in [0.717, 1.165) is 17.5 Å². The molecule has 0 saturated carbocycles. The number of hydrogen-bond donors (Lipinski definition) is 1. The standard InChI is InChI=1S/C13H22N4/c1-9-6-5-7-10(2)17(9)13-8-12(14-4)15-11(3)16-13/h8-10H,5-7H2,1-4H3,(H,14,15,16)/t9-,10+. The second kappa shape index (κ2) is 4.90. The maximum Gasteiger partial charge on any atom is 0.134 e. The Hall–Kier alpha value is -1.32. The lowest BCUT2D eigenvalue weighted by Gasteiger charge is -2.40. The van der Waals surface area contributed by atoms with E-state index in [1.165, 1.54) is 19.3 Å². The summed E-state index contributed by atoms with van der Waals surface area (Å²) < 4.78 is 0. The van der Waals surface area contributed by atoms with Crippen LogP contribution in [-0.2, 0) is 0 Å².